The molecule has 2 aromatic rings. The lowest BCUT2D eigenvalue weighted by Gasteiger charge is -2.08. The van der Waals surface area contributed by atoms with Gasteiger partial charge in [0, 0.05) is 43.7 Å². The number of alkyl halides is 1. The summed E-state index contributed by atoms with van der Waals surface area (Å²) in [5.41, 5.74) is 2.14. The average Bonchev–Trinajstić information content (AvgIpc) is 2.87. The van der Waals surface area contributed by atoms with Crippen LogP contribution in [0.25, 0.3) is 0 Å². The average molecular weight is 303 g/mol. The molecular formula is C17H19ClN2O. The molecule has 3 nitrogen and oxygen atoms in total. The Morgan fingerprint density at radius 2 is 2.24 bits per heavy atom. The molecule has 0 N–H and O–H groups in total. The van der Waals surface area contributed by atoms with Crippen LogP contribution < -0.4 is 4.74 Å². The van der Waals surface area contributed by atoms with Crippen LogP contribution in [0.2, 0.25) is 0 Å². The van der Waals surface area contributed by atoms with Crippen LogP contribution in [-0.2, 0) is 13.5 Å². The van der Waals surface area contributed by atoms with Crippen molar-refractivity contribution in [2.75, 3.05) is 12.5 Å². The molecule has 0 spiro atoms. The minimum atomic E-state index is 0.570. The molecule has 0 radical (unpaired) electrons. The monoisotopic (exact) mass is 302 g/mol. The van der Waals surface area contributed by atoms with Crippen molar-refractivity contribution in [2.45, 2.75) is 19.8 Å². The van der Waals surface area contributed by atoms with E-state index in [1.807, 2.05) is 42.9 Å². The summed E-state index contributed by atoms with van der Waals surface area (Å²) >= 11 is 5.61. The summed E-state index contributed by atoms with van der Waals surface area (Å²) in [6.45, 7) is 2.65. The van der Waals surface area contributed by atoms with Gasteiger partial charge in [0.15, 0.2) is 0 Å². The van der Waals surface area contributed by atoms with Gasteiger partial charge in [0.25, 0.3) is 0 Å². The number of rotatable bonds is 5. The lowest BCUT2D eigenvalue weighted by atomic mass is 10.1. The van der Waals surface area contributed by atoms with E-state index in [0.29, 0.717) is 18.9 Å². The van der Waals surface area contributed by atoms with Gasteiger partial charge < -0.3 is 9.30 Å². The first-order valence-corrected chi connectivity index (χ1v) is 7.48. The van der Waals surface area contributed by atoms with Gasteiger partial charge in [-0.1, -0.05) is 11.8 Å². The van der Waals surface area contributed by atoms with E-state index >= 15 is 0 Å². The lowest BCUT2D eigenvalue weighted by Crippen LogP contribution is -2.06. The van der Waals surface area contributed by atoms with Gasteiger partial charge in [-0.05, 0) is 30.7 Å². The van der Waals surface area contributed by atoms with Gasteiger partial charge in [-0.15, -0.1) is 11.6 Å². The molecule has 21 heavy (non-hydrogen) atoms. The van der Waals surface area contributed by atoms with Gasteiger partial charge in [0.2, 0.25) is 0 Å². The summed E-state index contributed by atoms with van der Waals surface area (Å²) in [6.07, 6.45) is 5.24. The zero-order valence-corrected chi connectivity index (χ0v) is 13.2. The molecule has 0 saturated carbocycles. The highest BCUT2D eigenvalue weighted by Gasteiger charge is 2.02. The molecule has 2 rings (SSSR count). The second-order valence-electron chi connectivity index (χ2n) is 4.77. The van der Waals surface area contributed by atoms with E-state index in [4.69, 9.17) is 16.3 Å². The molecule has 0 bridgehead atoms. The molecule has 1 aromatic carbocycles. The molecule has 0 unspecified atom stereocenters. The maximum Gasteiger partial charge on any atom is 0.119 e. The summed E-state index contributed by atoms with van der Waals surface area (Å²) in [6, 6.07) is 5.96. The molecule has 0 aliphatic heterocycles. The largest absolute Gasteiger partial charge is 0.493 e. The molecule has 0 aliphatic rings. The zero-order chi connectivity index (χ0) is 15.1. The molecule has 0 atom stereocenters. The van der Waals surface area contributed by atoms with Crippen molar-refractivity contribution in [3.8, 4) is 17.6 Å². The van der Waals surface area contributed by atoms with Crippen molar-refractivity contribution in [1.82, 2.24) is 9.55 Å². The van der Waals surface area contributed by atoms with Crippen molar-refractivity contribution in [1.29, 1.82) is 0 Å². The SMILES string of the molecule is Cc1cc(OCCc2nccn2C)ccc1C#CCCCl. The normalized spacial score (nSPS) is 10.0. The smallest absolute Gasteiger partial charge is 0.119 e. The number of imidazole rings is 1. The molecule has 0 saturated heterocycles. The fraction of sp³-hybridized carbons (Fsp3) is 0.353. The number of hydrogen-bond acceptors (Lipinski definition) is 2. The molecule has 0 aliphatic carbocycles. The summed E-state index contributed by atoms with van der Waals surface area (Å²) in [7, 11) is 1.99. The first-order valence-electron chi connectivity index (χ1n) is 6.95. The summed E-state index contributed by atoms with van der Waals surface area (Å²) < 4.78 is 7.78. The maximum absolute atomic E-state index is 5.77. The Hall–Kier alpha value is -1.92. The third-order valence-corrected chi connectivity index (χ3v) is 3.34. The van der Waals surface area contributed by atoms with Crippen molar-refractivity contribution in [3.05, 3.63) is 47.5 Å². The van der Waals surface area contributed by atoms with Gasteiger partial charge in [0.1, 0.15) is 11.6 Å². The second-order valence-corrected chi connectivity index (χ2v) is 5.15. The summed E-state index contributed by atoms with van der Waals surface area (Å²) in [4.78, 5) is 4.27. The lowest BCUT2D eigenvalue weighted by molar-refractivity contribution is 0.317. The van der Waals surface area contributed by atoms with Gasteiger partial charge in [0.05, 0.1) is 6.61 Å². The molecule has 0 amide bonds. The zero-order valence-electron chi connectivity index (χ0n) is 12.4. The Morgan fingerprint density at radius 1 is 1.38 bits per heavy atom. The van der Waals surface area contributed by atoms with E-state index in [-0.39, 0.29) is 0 Å². The van der Waals surface area contributed by atoms with Gasteiger partial charge in [-0.25, -0.2) is 4.98 Å². The van der Waals surface area contributed by atoms with E-state index in [1.54, 1.807) is 6.20 Å². The van der Waals surface area contributed by atoms with Crippen molar-refractivity contribution in [2.24, 2.45) is 7.05 Å². The molecule has 4 heteroatoms. The third kappa shape index (κ3) is 4.54. The highest BCUT2D eigenvalue weighted by Crippen LogP contribution is 2.17. The van der Waals surface area contributed by atoms with Crippen LogP contribution in [-0.4, -0.2) is 22.0 Å². The first-order chi connectivity index (χ1) is 10.2. The van der Waals surface area contributed by atoms with Crippen LogP contribution in [0.1, 0.15) is 23.4 Å². The number of nitrogens with zero attached hydrogens (tertiary/aromatic N) is 2. The van der Waals surface area contributed by atoms with Gasteiger partial charge >= 0.3 is 0 Å². The van der Waals surface area contributed by atoms with Crippen molar-refractivity contribution >= 4 is 11.6 Å². The topological polar surface area (TPSA) is 27.1 Å². The van der Waals surface area contributed by atoms with Crippen LogP contribution in [0.15, 0.2) is 30.6 Å². The standard InChI is InChI=1S/C17H19ClN2O/c1-14-13-16(7-6-15(14)5-3-4-9-18)21-12-8-17-19-10-11-20(17)2/h6-7,10-11,13H,4,8-9,12H2,1-2H3. The van der Waals surface area contributed by atoms with E-state index in [1.165, 1.54) is 0 Å². The third-order valence-electron chi connectivity index (χ3n) is 3.16. The van der Waals surface area contributed by atoms with E-state index in [2.05, 4.69) is 16.8 Å². The maximum atomic E-state index is 5.77. The first kappa shape index (κ1) is 15.5. The van der Waals surface area contributed by atoms with Gasteiger partial charge in [-0.3, -0.25) is 0 Å². The predicted octanol–water partition coefficient (Wildman–Crippen LogP) is 3.33. The summed E-state index contributed by atoms with van der Waals surface area (Å²) in [5.74, 6) is 8.63. The fourth-order valence-corrected chi connectivity index (χ4v) is 2.06. The van der Waals surface area contributed by atoms with E-state index < -0.39 is 0 Å². The molecular weight excluding hydrogens is 284 g/mol. The summed E-state index contributed by atoms with van der Waals surface area (Å²) in [5, 5.41) is 0. The number of hydrogen-bond donors (Lipinski definition) is 0. The van der Waals surface area contributed by atoms with Gasteiger partial charge in [-0.2, -0.15) is 0 Å². The second kappa shape index (κ2) is 7.75. The predicted molar refractivity (Wildman–Crippen MR) is 85.8 cm³/mol. The van der Waals surface area contributed by atoms with Crippen LogP contribution in [0.4, 0.5) is 0 Å². The quantitative estimate of drug-likeness (QED) is 0.626. The van der Waals surface area contributed by atoms with Crippen LogP contribution in [0.3, 0.4) is 0 Å². The number of halogens is 1. The Kier molecular flexibility index (Phi) is 5.71. The number of aryl methyl sites for hydroxylation is 2. The molecule has 1 aromatic heterocycles. The molecule has 0 fully saturated rings. The van der Waals surface area contributed by atoms with Crippen LogP contribution in [0, 0.1) is 18.8 Å². The fourth-order valence-electron chi connectivity index (χ4n) is 1.97. The van der Waals surface area contributed by atoms with E-state index in [9.17, 15) is 0 Å². The van der Waals surface area contributed by atoms with E-state index in [0.717, 1.165) is 29.1 Å². The highest BCUT2D eigenvalue weighted by molar-refractivity contribution is 6.18. The van der Waals surface area contributed by atoms with Crippen molar-refractivity contribution < 1.29 is 4.74 Å². The molecule has 110 valence electrons. The van der Waals surface area contributed by atoms with Crippen LogP contribution >= 0.6 is 11.6 Å². The Balaban J connectivity index is 1.91. The number of benzene rings is 1. The number of ether oxygens (including phenoxy) is 1. The Bertz CT molecular complexity index is 652. The minimum absolute atomic E-state index is 0.570. The van der Waals surface area contributed by atoms with Crippen LogP contribution in [0.5, 0.6) is 5.75 Å². The van der Waals surface area contributed by atoms with Crippen molar-refractivity contribution in [3.63, 3.8) is 0 Å². The minimum Gasteiger partial charge on any atom is -0.493 e. The number of aromatic nitrogens is 2. The molecule has 1 heterocycles. The Morgan fingerprint density at radius 3 is 2.90 bits per heavy atom. The Labute approximate surface area is 130 Å². The highest BCUT2D eigenvalue weighted by atomic mass is 35.5.